The van der Waals surface area contributed by atoms with Crippen molar-refractivity contribution >= 4 is 16.9 Å². The van der Waals surface area contributed by atoms with Gasteiger partial charge in [0.15, 0.2) is 5.17 Å². The number of hydrogen-bond donors (Lipinski definition) is 1. The molecule has 0 aromatic heterocycles. The highest BCUT2D eigenvalue weighted by Gasteiger charge is 2.28. The molecule has 2 nitrogen and oxygen atoms in total. The number of rotatable bonds is 4. The number of nitrogens with zero attached hydrogens (tertiary/aromatic N) is 1. The van der Waals surface area contributed by atoms with Crippen molar-refractivity contribution in [3.8, 4) is 0 Å². The minimum absolute atomic E-state index is 0.630. The number of nitrogens with one attached hydrogen (secondary N) is 1. The van der Waals surface area contributed by atoms with Crippen molar-refractivity contribution in [3.05, 3.63) is 0 Å². The largest absolute Gasteiger partial charge is 0.361 e. The molecular formula is C12H22N2S. The summed E-state index contributed by atoms with van der Waals surface area (Å²) in [5, 5.41) is 4.70. The Morgan fingerprint density at radius 2 is 2.13 bits per heavy atom. The van der Waals surface area contributed by atoms with Crippen molar-refractivity contribution in [2.75, 3.05) is 12.3 Å². The Morgan fingerprint density at radius 3 is 2.67 bits per heavy atom. The molecule has 1 saturated heterocycles. The molecule has 1 aliphatic carbocycles. The summed E-state index contributed by atoms with van der Waals surface area (Å²) in [7, 11) is 0. The molecule has 2 atom stereocenters. The standard InChI is InChI=1S/C12H22N2S/c1-8(2)11-7-15-12(14-11)13-6-9(3)10-4-5-10/h8-11H,4-7H2,1-3H3,(H,13,14)/t9?,11-/m1/s1. The predicted molar refractivity (Wildman–Crippen MR) is 68.4 cm³/mol. The van der Waals surface area contributed by atoms with Crippen molar-refractivity contribution in [1.29, 1.82) is 0 Å². The van der Waals surface area contributed by atoms with Gasteiger partial charge >= 0.3 is 0 Å². The molecule has 1 aliphatic heterocycles. The molecule has 1 unspecified atom stereocenters. The highest BCUT2D eigenvalue weighted by Crippen LogP contribution is 2.36. The molecule has 2 aliphatic rings. The van der Waals surface area contributed by atoms with E-state index >= 15 is 0 Å². The van der Waals surface area contributed by atoms with Gasteiger partial charge in [0, 0.05) is 18.3 Å². The third kappa shape index (κ3) is 3.13. The fraction of sp³-hybridized carbons (Fsp3) is 0.917. The Balaban J connectivity index is 1.76. The summed E-state index contributed by atoms with van der Waals surface area (Å²) in [5.74, 6) is 3.67. The third-order valence-corrected chi connectivity index (χ3v) is 4.51. The zero-order valence-corrected chi connectivity index (χ0v) is 10.8. The van der Waals surface area contributed by atoms with Crippen LogP contribution in [0, 0.1) is 17.8 Å². The molecule has 2 rings (SSSR count). The topological polar surface area (TPSA) is 24.4 Å². The Morgan fingerprint density at radius 1 is 1.40 bits per heavy atom. The fourth-order valence-electron chi connectivity index (χ4n) is 1.90. The van der Waals surface area contributed by atoms with Crippen LogP contribution in [-0.2, 0) is 0 Å². The first-order chi connectivity index (χ1) is 7.16. The van der Waals surface area contributed by atoms with E-state index in [9.17, 15) is 0 Å². The van der Waals surface area contributed by atoms with Crippen molar-refractivity contribution in [1.82, 2.24) is 5.32 Å². The summed E-state index contributed by atoms with van der Waals surface area (Å²) in [6, 6.07) is 0.630. The van der Waals surface area contributed by atoms with Gasteiger partial charge < -0.3 is 5.32 Å². The van der Waals surface area contributed by atoms with Crippen LogP contribution in [-0.4, -0.2) is 23.5 Å². The minimum Gasteiger partial charge on any atom is -0.361 e. The average Bonchev–Trinajstić information content (AvgIpc) is 2.93. The smallest absolute Gasteiger partial charge is 0.156 e. The molecule has 3 heteroatoms. The van der Waals surface area contributed by atoms with Gasteiger partial charge in [-0.25, -0.2) is 0 Å². The maximum atomic E-state index is 4.69. The minimum atomic E-state index is 0.630. The molecule has 0 aromatic carbocycles. The van der Waals surface area contributed by atoms with Gasteiger partial charge in [0.2, 0.25) is 0 Å². The molecule has 15 heavy (non-hydrogen) atoms. The third-order valence-electron chi connectivity index (χ3n) is 3.46. The van der Waals surface area contributed by atoms with Crippen LogP contribution in [0.25, 0.3) is 0 Å². The molecule has 1 N–H and O–H groups in total. The summed E-state index contributed by atoms with van der Waals surface area (Å²) in [5.41, 5.74) is 0. The molecular weight excluding hydrogens is 204 g/mol. The van der Waals surface area contributed by atoms with Gasteiger partial charge in [0.1, 0.15) is 0 Å². The van der Waals surface area contributed by atoms with E-state index < -0.39 is 0 Å². The first kappa shape index (κ1) is 11.3. The SMILES string of the molecule is CC(CN=C1N[C@@H](C(C)C)CS1)C1CC1. The zero-order chi connectivity index (χ0) is 10.8. The van der Waals surface area contributed by atoms with Crippen molar-refractivity contribution in [2.24, 2.45) is 22.7 Å². The molecule has 0 amide bonds. The molecule has 0 spiro atoms. The van der Waals surface area contributed by atoms with Gasteiger partial charge in [-0.1, -0.05) is 32.5 Å². The normalized spacial score (nSPS) is 30.9. The second-order valence-corrected chi connectivity index (χ2v) is 6.28. The van der Waals surface area contributed by atoms with E-state index in [2.05, 4.69) is 31.1 Å². The van der Waals surface area contributed by atoms with Crippen LogP contribution >= 0.6 is 11.8 Å². The van der Waals surface area contributed by atoms with E-state index in [1.165, 1.54) is 23.8 Å². The van der Waals surface area contributed by atoms with Crippen molar-refractivity contribution in [2.45, 2.75) is 39.7 Å². The van der Waals surface area contributed by atoms with Crippen LogP contribution in [0.5, 0.6) is 0 Å². The first-order valence-electron chi connectivity index (χ1n) is 6.10. The fourth-order valence-corrected chi connectivity index (χ4v) is 3.11. The van der Waals surface area contributed by atoms with Gasteiger partial charge in [-0.3, -0.25) is 4.99 Å². The predicted octanol–water partition coefficient (Wildman–Crippen LogP) is 2.75. The second kappa shape index (κ2) is 4.77. The maximum Gasteiger partial charge on any atom is 0.156 e. The Hall–Kier alpha value is -0.180. The molecule has 2 fully saturated rings. The van der Waals surface area contributed by atoms with E-state index in [4.69, 9.17) is 0 Å². The Kier molecular flexibility index (Phi) is 3.60. The van der Waals surface area contributed by atoms with Gasteiger partial charge in [0.25, 0.3) is 0 Å². The lowest BCUT2D eigenvalue weighted by Gasteiger charge is -2.13. The number of aliphatic imine (C=N–C) groups is 1. The summed E-state index contributed by atoms with van der Waals surface area (Å²) < 4.78 is 0. The van der Waals surface area contributed by atoms with Crippen LogP contribution in [0.15, 0.2) is 4.99 Å². The molecule has 0 radical (unpaired) electrons. The zero-order valence-electron chi connectivity index (χ0n) is 9.99. The second-order valence-electron chi connectivity index (χ2n) is 5.27. The molecule has 1 saturated carbocycles. The lowest BCUT2D eigenvalue weighted by molar-refractivity contribution is 0.498. The van der Waals surface area contributed by atoms with Gasteiger partial charge in [-0.15, -0.1) is 0 Å². The van der Waals surface area contributed by atoms with Gasteiger partial charge in [-0.05, 0) is 30.6 Å². The summed E-state index contributed by atoms with van der Waals surface area (Å²) in [4.78, 5) is 4.69. The maximum absolute atomic E-state index is 4.69. The number of thioether (sulfide) groups is 1. The highest BCUT2D eigenvalue weighted by molar-refractivity contribution is 8.14. The van der Waals surface area contributed by atoms with Gasteiger partial charge in [-0.2, -0.15) is 0 Å². The average molecular weight is 226 g/mol. The number of hydrogen-bond acceptors (Lipinski definition) is 2. The van der Waals surface area contributed by atoms with Crippen LogP contribution in [0.3, 0.4) is 0 Å². The van der Waals surface area contributed by atoms with Crippen LogP contribution in [0.2, 0.25) is 0 Å². The molecule has 0 bridgehead atoms. The lowest BCUT2D eigenvalue weighted by atomic mass is 10.1. The van der Waals surface area contributed by atoms with Crippen molar-refractivity contribution < 1.29 is 0 Å². The van der Waals surface area contributed by atoms with E-state index in [1.54, 1.807) is 0 Å². The Bertz CT molecular complexity index is 246. The molecule has 86 valence electrons. The lowest BCUT2D eigenvalue weighted by Crippen LogP contribution is -2.31. The van der Waals surface area contributed by atoms with Crippen LogP contribution in [0.1, 0.15) is 33.6 Å². The summed E-state index contributed by atoms with van der Waals surface area (Å²) in [6.07, 6.45) is 2.86. The molecule has 0 aromatic rings. The number of amidine groups is 1. The first-order valence-corrected chi connectivity index (χ1v) is 7.09. The van der Waals surface area contributed by atoms with E-state index in [0.717, 1.165) is 18.4 Å². The van der Waals surface area contributed by atoms with Crippen LogP contribution < -0.4 is 5.32 Å². The highest BCUT2D eigenvalue weighted by atomic mass is 32.2. The van der Waals surface area contributed by atoms with E-state index in [1.807, 2.05) is 11.8 Å². The summed E-state index contributed by atoms with van der Waals surface area (Å²) >= 11 is 1.89. The summed E-state index contributed by atoms with van der Waals surface area (Å²) in [6.45, 7) is 7.90. The van der Waals surface area contributed by atoms with E-state index in [-0.39, 0.29) is 0 Å². The molecule has 1 heterocycles. The monoisotopic (exact) mass is 226 g/mol. The quantitative estimate of drug-likeness (QED) is 0.797. The van der Waals surface area contributed by atoms with Gasteiger partial charge in [0.05, 0.1) is 0 Å². The van der Waals surface area contributed by atoms with Crippen LogP contribution in [0.4, 0.5) is 0 Å². The Labute approximate surface area is 97.3 Å². The van der Waals surface area contributed by atoms with E-state index in [0.29, 0.717) is 12.0 Å². The van der Waals surface area contributed by atoms with Crippen molar-refractivity contribution in [3.63, 3.8) is 0 Å².